The van der Waals surface area contributed by atoms with E-state index in [2.05, 4.69) is 12.0 Å². The van der Waals surface area contributed by atoms with Crippen LogP contribution in [0.15, 0.2) is 0 Å². The molecule has 0 N–H and O–H groups in total. The van der Waals surface area contributed by atoms with Crippen molar-refractivity contribution in [3.63, 3.8) is 0 Å². The van der Waals surface area contributed by atoms with Gasteiger partial charge in [-0.3, -0.25) is 4.79 Å². The van der Waals surface area contributed by atoms with Crippen molar-refractivity contribution in [3.05, 3.63) is 11.5 Å². The van der Waals surface area contributed by atoms with Crippen LogP contribution in [0.2, 0.25) is 0 Å². The van der Waals surface area contributed by atoms with E-state index in [1.807, 2.05) is 0 Å². The third-order valence-corrected chi connectivity index (χ3v) is 3.67. The molecule has 0 aromatic carbocycles. The highest BCUT2D eigenvalue weighted by Gasteiger charge is 2.31. The average molecular weight is 253 g/mol. The van der Waals surface area contributed by atoms with Gasteiger partial charge in [0.2, 0.25) is 11.7 Å². The van der Waals surface area contributed by atoms with Gasteiger partial charge in [-0.15, -0.1) is 0 Å². The summed E-state index contributed by atoms with van der Waals surface area (Å²) in [5.74, 6) is -0.195. The molecule has 3 rings (SSSR count). The Bertz CT molecular complexity index is 478. The zero-order valence-corrected chi connectivity index (χ0v) is 10.4. The summed E-state index contributed by atoms with van der Waals surface area (Å²) >= 11 is 0. The number of fused-ring (bicyclic) bond motifs is 1. The zero-order valence-electron chi connectivity index (χ0n) is 10.4. The Kier molecular flexibility index (Phi) is 2.72. The molecular weight excluding hydrogens is 237 g/mol. The number of halogens is 1. The summed E-state index contributed by atoms with van der Waals surface area (Å²) in [5.41, 5.74) is -0.0979. The number of piperidine rings is 1. The quantitative estimate of drug-likeness (QED) is 0.757. The predicted octanol–water partition coefficient (Wildman–Crippen LogP) is 1.29. The van der Waals surface area contributed by atoms with E-state index >= 15 is 0 Å². The predicted molar refractivity (Wildman–Crippen MR) is 62.0 cm³/mol. The first kappa shape index (κ1) is 11.5. The van der Waals surface area contributed by atoms with Crippen molar-refractivity contribution < 1.29 is 13.9 Å². The number of carbonyl (C=O) groups is 1. The zero-order chi connectivity index (χ0) is 12.7. The molecule has 1 saturated heterocycles. The third-order valence-electron chi connectivity index (χ3n) is 3.67. The van der Waals surface area contributed by atoms with Crippen LogP contribution in [0, 0.1) is 11.7 Å². The SMILES string of the molecule is CC1CCN(C(=O)c2nn3c(c2F)OCC3)CC1. The van der Waals surface area contributed by atoms with Crippen molar-refractivity contribution in [2.24, 2.45) is 5.92 Å². The topological polar surface area (TPSA) is 47.4 Å². The van der Waals surface area contributed by atoms with Crippen LogP contribution in [0.1, 0.15) is 30.3 Å². The van der Waals surface area contributed by atoms with Gasteiger partial charge in [0.15, 0.2) is 5.69 Å². The van der Waals surface area contributed by atoms with Gasteiger partial charge in [0.25, 0.3) is 5.91 Å². The fourth-order valence-electron chi connectivity index (χ4n) is 2.44. The van der Waals surface area contributed by atoms with Crippen molar-refractivity contribution in [2.45, 2.75) is 26.3 Å². The molecule has 1 amide bonds. The van der Waals surface area contributed by atoms with Crippen LogP contribution >= 0.6 is 0 Å². The van der Waals surface area contributed by atoms with Gasteiger partial charge in [0.1, 0.15) is 6.61 Å². The van der Waals surface area contributed by atoms with Crippen LogP contribution in [0.4, 0.5) is 4.39 Å². The number of amides is 1. The number of ether oxygens (including phenoxy) is 1. The summed E-state index contributed by atoms with van der Waals surface area (Å²) in [7, 11) is 0. The number of hydrogen-bond acceptors (Lipinski definition) is 3. The molecule has 2 aliphatic rings. The first-order chi connectivity index (χ1) is 8.66. The van der Waals surface area contributed by atoms with Crippen LogP contribution in [0.5, 0.6) is 5.88 Å². The maximum Gasteiger partial charge on any atom is 0.277 e. The molecule has 1 aromatic heterocycles. The van der Waals surface area contributed by atoms with Crippen molar-refractivity contribution >= 4 is 5.91 Å². The molecule has 0 atom stereocenters. The molecule has 0 bridgehead atoms. The number of carbonyl (C=O) groups excluding carboxylic acids is 1. The molecule has 3 heterocycles. The molecule has 1 aromatic rings. The maximum absolute atomic E-state index is 14.0. The highest BCUT2D eigenvalue weighted by atomic mass is 19.1. The first-order valence-electron chi connectivity index (χ1n) is 6.35. The molecule has 1 fully saturated rings. The second kappa shape index (κ2) is 4.26. The van der Waals surface area contributed by atoms with Crippen molar-refractivity contribution in [3.8, 4) is 5.88 Å². The Labute approximate surface area is 105 Å². The fraction of sp³-hybridized carbons (Fsp3) is 0.667. The summed E-state index contributed by atoms with van der Waals surface area (Å²) in [6.07, 6.45) is 1.94. The summed E-state index contributed by atoms with van der Waals surface area (Å²) < 4.78 is 20.5. The minimum absolute atomic E-state index is 0.0979. The first-order valence-corrected chi connectivity index (χ1v) is 6.35. The van der Waals surface area contributed by atoms with E-state index < -0.39 is 5.82 Å². The van der Waals surface area contributed by atoms with Gasteiger partial charge in [-0.1, -0.05) is 6.92 Å². The Balaban J connectivity index is 1.80. The van der Waals surface area contributed by atoms with Gasteiger partial charge in [-0.05, 0) is 18.8 Å². The average Bonchev–Trinajstić information content (AvgIpc) is 2.93. The molecular formula is C12H16FN3O2. The number of hydrogen-bond donors (Lipinski definition) is 0. The van der Waals surface area contributed by atoms with E-state index in [1.54, 1.807) is 4.90 Å². The lowest BCUT2D eigenvalue weighted by Crippen LogP contribution is -2.38. The largest absolute Gasteiger partial charge is 0.474 e. The lowest BCUT2D eigenvalue weighted by Gasteiger charge is -2.29. The van der Waals surface area contributed by atoms with Crippen LogP contribution in [0.25, 0.3) is 0 Å². The fourth-order valence-corrected chi connectivity index (χ4v) is 2.44. The van der Waals surface area contributed by atoms with E-state index in [0.29, 0.717) is 32.2 Å². The van der Waals surface area contributed by atoms with E-state index in [0.717, 1.165) is 12.8 Å². The second-order valence-corrected chi connectivity index (χ2v) is 5.01. The molecule has 6 heteroatoms. The van der Waals surface area contributed by atoms with Crippen LogP contribution in [-0.2, 0) is 6.54 Å². The minimum Gasteiger partial charge on any atom is -0.474 e. The number of nitrogens with zero attached hydrogens (tertiary/aromatic N) is 3. The van der Waals surface area contributed by atoms with Gasteiger partial charge < -0.3 is 9.64 Å². The van der Waals surface area contributed by atoms with Gasteiger partial charge in [0, 0.05) is 13.1 Å². The minimum atomic E-state index is -0.615. The van der Waals surface area contributed by atoms with Crippen LogP contribution in [-0.4, -0.2) is 40.3 Å². The van der Waals surface area contributed by atoms with Gasteiger partial charge >= 0.3 is 0 Å². The molecule has 0 radical (unpaired) electrons. The van der Waals surface area contributed by atoms with E-state index in [1.165, 1.54) is 4.68 Å². The molecule has 0 spiro atoms. The summed E-state index contributed by atoms with van der Waals surface area (Å²) in [6.45, 7) is 4.47. The molecule has 98 valence electrons. The van der Waals surface area contributed by atoms with Crippen molar-refractivity contribution in [1.29, 1.82) is 0 Å². The summed E-state index contributed by atoms with van der Waals surface area (Å²) in [5, 5.41) is 4.01. The highest BCUT2D eigenvalue weighted by Crippen LogP contribution is 2.26. The third kappa shape index (κ3) is 1.76. The number of aromatic nitrogens is 2. The lowest BCUT2D eigenvalue weighted by molar-refractivity contribution is 0.0685. The van der Waals surface area contributed by atoms with Gasteiger partial charge in [-0.2, -0.15) is 9.49 Å². The molecule has 2 aliphatic heterocycles. The number of likely N-dealkylation sites (tertiary alicyclic amines) is 1. The molecule has 0 saturated carbocycles. The summed E-state index contributed by atoms with van der Waals surface area (Å²) in [6, 6.07) is 0. The van der Waals surface area contributed by atoms with Crippen molar-refractivity contribution in [2.75, 3.05) is 19.7 Å². The summed E-state index contributed by atoms with van der Waals surface area (Å²) in [4.78, 5) is 13.9. The van der Waals surface area contributed by atoms with Crippen LogP contribution < -0.4 is 4.74 Å². The number of rotatable bonds is 1. The maximum atomic E-state index is 14.0. The normalized spacial score (nSPS) is 19.8. The Morgan fingerprint density at radius 3 is 2.78 bits per heavy atom. The monoisotopic (exact) mass is 253 g/mol. The van der Waals surface area contributed by atoms with Gasteiger partial charge in [-0.25, -0.2) is 4.68 Å². The van der Waals surface area contributed by atoms with Crippen molar-refractivity contribution in [1.82, 2.24) is 14.7 Å². The lowest BCUT2D eigenvalue weighted by atomic mass is 9.99. The van der Waals surface area contributed by atoms with E-state index in [-0.39, 0.29) is 17.5 Å². The van der Waals surface area contributed by atoms with E-state index in [9.17, 15) is 9.18 Å². The molecule has 0 aliphatic carbocycles. The molecule has 18 heavy (non-hydrogen) atoms. The Morgan fingerprint density at radius 2 is 2.11 bits per heavy atom. The molecule has 5 nitrogen and oxygen atoms in total. The second-order valence-electron chi connectivity index (χ2n) is 5.01. The Morgan fingerprint density at radius 1 is 1.39 bits per heavy atom. The van der Waals surface area contributed by atoms with E-state index in [4.69, 9.17) is 4.74 Å². The standard InChI is InChI=1S/C12H16FN3O2/c1-8-2-4-15(5-3-8)11(17)10-9(13)12-16(14-10)6-7-18-12/h8H,2-7H2,1H3. The van der Waals surface area contributed by atoms with Gasteiger partial charge in [0.05, 0.1) is 6.54 Å². The van der Waals surface area contributed by atoms with Crippen LogP contribution in [0.3, 0.4) is 0 Å². The highest BCUT2D eigenvalue weighted by molar-refractivity contribution is 5.93. The molecule has 0 unspecified atom stereocenters. The smallest absolute Gasteiger partial charge is 0.277 e. The Hall–Kier alpha value is -1.59.